The summed E-state index contributed by atoms with van der Waals surface area (Å²) in [5, 5.41) is 2.87. The number of carbonyl (C=O) groups is 2. The summed E-state index contributed by atoms with van der Waals surface area (Å²) >= 11 is 0. The highest BCUT2D eigenvalue weighted by atomic mass is 19.1. The van der Waals surface area contributed by atoms with E-state index in [2.05, 4.69) is 5.32 Å². The summed E-state index contributed by atoms with van der Waals surface area (Å²) in [6, 6.07) is 14.2. The predicted octanol–water partition coefficient (Wildman–Crippen LogP) is 3.23. The SMILES string of the molecule is CC(=O)N(CCC(=O)NCc1ccc(C)cc1)CCc1ccc(F)cc1. The van der Waals surface area contributed by atoms with Crippen LogP contribution in [0.3, 0.4) is 0 Å². The molecule has 0 radical (unpaired) electrons. The molecule has 0 saturated heterocycles. The third-order valence-electron chi connectivity index (χ3n) is 4.25. The number of aryl methyl sites for hydroxylation is 1. The van der Waals surface area contributed by atoms with Crippen LogP contribution in [0.15, 0.2) is 48.5 Å². The minimum atomic E-state index is -0.276. The summed E-state index contributed by atoms with van der Waals surface area (Å²) in [7, 11) is 0. The molecule has 0 fully saturated rings. The van der Waals surface area contributed by atoms with E-state index in [0.717, 1.165) is 11.1 Å². The van der Waals surface area contributed by atoms with Gasteiger partial charge in [-0.2, -0.15) is 0 Å². The van der Waals surface area contributed by atoms with Gasteiger partial charge >= 0.3 is 0 Å². The normalized spacial score (nSPS) is 10.4. The molecule has 0 atom stereocenters. The molecule has 138 valence electrons. The van der Waals surface area contributed by atoms with Crippen molar-refractivity contribution in [2.24, 2.45) is 0 Å². The second-order valence-corrected chi connectivity index (χ2v) is 6.39. The molecule has 26 heavy (non-hydrogen) atoms. The molecule has 2 aromatic rings. The van der Waals surface area contributed by atoms with E-state index >= 15 is 0 Å². The van der Waals surface area contributed by atoms with Crippen molar-refractivity contribution in [2.45, 2.75) is 33.2 Å². The van der Waals surface area contributed by atoms with E-state index in [-0.39, 0.29) is 24.1 Å². The van der Waals surface area contributed by atoms with Gasteiger partial charge in [0.05, 0.1) is 0 Å². The summed E-state index contributed by atoms with van der Waals surface area (Å²) in [5.41, 5.74) is 3.18. The molecule has 2 amide bonds. The van der Waals surface area contributed by atoms with Crippen molar-refractivity contribution in [3.63, 3.8) is 0 Å². The van der Waals surface area contributed by atoms with Gasteiger partial charge in [0.1, 0.15) is 5.82 Å². The number of amides is 2. The average molecular weight is 356 g/mol. The summed E-state index contributed by atoms with van der Waals surface area (Å²) in [4.78, 5) is 25.5. The van der Waals surface area contributed by atoms with E-state index in [1.54, 1.807) is 17.0 Å². The molecule has 0 saturated carbocycles. The number of nitrogens with one attached hydrogen (secondary N) is 1. The predicted molar refractivity (Wildman–Crippen MR) is 100 cm³/mol. The summed E-state index contributed by atoms with van der Waals surface area (Å²) < 4.78 is 12.9. The van der Waals surface area contributed by atoms with Gasteiger partial charge < -0.3 is 10.2 Å². The van der Waals surface area contributed by atoms with E-state index in [4.69, 9.17) is 0 Å². The highest BCUT2D eigenvalue weighted by molar-refractivity contribution is 5.78. The maximum absolute atomic E-state index is 12.9. The van der Waals surface area contributed by atoms with Gasteiger partial charge in [-0.3, -0.25) is 9.59 Å². The van der Waals surface area contributed by atoms with Crippen molar-refractivity contribution in [3.05, 3.63) is 71.0 Å². The number of nitrogens with zero attached hydrogens (tertiary/aromatic N) is 1. The fourth-order valence-corrected chi connectivity index (χ4v) is 2.57. The molecular formula is C21H25FN2O2. The minimum absolute atomic E-state index is 0.0709. The molecule has 0 unspecified atom stereocenters. The molecule has 4 nitrogen and oxygen atoms in total. The van der Waals surface area contributed by atoms with E-state index in [1.165, 1.54) is 24.6 Å². The quantitative estimate of drug-likeness (QED) is 0.789. The van der Waals surface area contributed by atoms with Gasteiger partial charge in [0.25, 0.3) is 0 Å². The Morgan fingerprint density at radius 1 is 0.962 bits per heavy atom. The van der Waals surface area contributed by atoms with Crippen molar-refractivity contribution in [1.82, 2.24) is 10.2 Å². The number of benzene rings is 2. The lowest BCUT2D eigenvalue weighted by atomic mass is 10.1. The Labute approximate surface area is 154 Å². The van der Waals surface area contributed by atoms with Crippen molar-refractivity contribution < 1.29 is 14.0 Å². The smallest absolute Gasteiger partial charge is 0.222 e. The molecule has 2 aromatic carbocycles. The largest absolute Gasteiger partial charge is 0.352 e. The van der Waals surface area contributed by atoms with E-state index < -0.39 is 0 Å². The van der Waals surface area contributed by atoms with Crippen LogP contribution >= 0.6 is 0 Å². The third-order valence-corrected chi connectivity index (χ3v) is 4.25. The summed E-state index contributed by atoms with van der Waals surface area (Å²) in [6.45, 7) is 4.87. The molecule has 0 aromatic heterocycles. The molecular weight excluding hydrogens is 331 g/mol. The molecule has 0 aliphatic heterocycles. The van der Waals surface area contributed by atoms with E-state index in [1.807, 2.05) is 31.2 Å². The fourth-order valence-electron chi connectivity index (χ4n) is 2.57. The topological polar surface area (TPSA) is 49.4 Å². The first-order chi connectivity index (χ1) is 12.4. The van der Waals surface area contributed by atoms with Gasteiger partial charge in [-0.1, -0.05) is 42.0 Å². The van der Waals surface area contributed by atoms with Gasteiger partial charge in [-0.05, 0) is 36.6 Å². The van der Waals surface area contributed by atoms with E-state index in [0.29, 0.717) is 26.1 Å². The number of hydrogen-bond acceptors (Lipinski definition) is 2. The molecule has 2 rings (SSSR count). The number of hydrogen-bond donors (Lipinski definition) is 1. The van der Waals surface area contributed by atoms with Crippen molar-refractivity contribution >= 4 is 11.8 Å². The number of halogens is 1. The number of carbonyl (C=O) groups excluding carboxylic acids is 2. The maximum atomic E-state index is 12.9. The lowest BCUT2D eigenvalue weighted by Crippen LogP contribution is -2.35. The molecule has 0 heterocycles. The van der Waals surface area contributed by atoms with Gasteiger partial charge in [0.2, 0.25) is 11.8 Å². The Bertz CT molecular complexity index is 727. The molecule has 1 N–H and O–H groups in total. The first-order valence-electron chi connectivity index (χ1n) is 8.76. The molecule has 5 heteroatoms. The van der Waals surface area contributed by atoms with Crippen LogP contribution in [0.4, 0.5) is 4.39 Å². The molecule has 0 spiro atoms. The van der Waals surface area contributed by atoms with Crippen LogP contribution in [0, 0.1) is 12.7 Å². The highest BCUT2D eigenvalue weighted by Crippen LogP contribution is 2.06. The van der Waals surface area contributed by atoms with Crippen LogP contribution < -0.4 is 5.32 Å². The fraction of sp³-hybridized carbons (Fsp3) is 0.333. The number of rotatable bonds is 8. The Kier molecular flexibility index (Phi) is 7.33. The standard InChI is InChI=1S/C21H25FN2O2/c1-16-3-5-19(6-4-16)15-23-21(26)12-14-24(17(2)25)13-11-18-7-9-20(22)10-8-18/h3-10H,11-15H2,1-2H3,(H,23,26). The first-order valence-corrected chi connectivity index (χ1v) is 8.76. The third kappa shape index (κ3) is 6.67. The minimum Gasteiger partial charge on any atom is -0.352 e. The van der Waals surface area contributed by atoms with Crippen LogP contribution in [0.5, 0.6) is 0 Å². The van der Waals surface area contributed by atoms with Crippen molar-refractivity contribution in [3.8, 4) is 0 Å². The van der Waals surface area contributed by atoms with Crippen LogP contribution in [0.1, 0.15) is 30.0 Å². The highest BCUT2D eigenvalue weighted by Gasteiger charge is 2.11. The van der Waals surface area contributed by atoms with Gasteiger partial charge in [0, 0.05) is 33.0 Å². The Balaban J connectivity index is 1.76. The van der Waals surface area contributed by atoms with Crippen LogP contribution in [-0.2, 0) is 22.6 Å². The molecule has 0 aliphatic carbocycles. The maximum Gasteiger partial charge on any atom is 0.222 e. The lowest BCUT2D eigenvalue weighted by Gasteiger charge is -2.21. The zero-order valence-electron chi connectivity index (χ0n) is 15.3. The Hall–Kier alpha value is -2.69. The second-order valence-electron chi connectivity index (χ2n) is 6.39. The molecule has 0 aliphatic rings. The summed E-state index contributed by atoms with van der Waals surface area (Å²) in [5.74, 6) is -0.431. The first kappa shape index (κ1) is 19.6. The average Bonchev–Trinajstić information content (AvgIpc) is 2.62. The Morgan fingerprint density at radius 2 is 1.58 bits per heavy atom. The van der Waals surface area contributed by atoms with Crippen LogP contribution in [-0.4, -0.2) is 29.8 Å². The van der Waals surface area contributed by atoms with E-state index in [9.17, 15) is 14.0 Å². The van der Waals surface area contributed by atoms with Crippen molar-refractivity contribution in [2.75, 3.05) is 13.1 Å². The van der Waals surface area contributed by atoms with Crippen LogP contribution in [0.25, 0.3) is 0 Å². The van der Waals surface area contributed by atoms with Crippen molar-refractivity contribution in [1.29, 1.82) is 0 Å². The zero-order chi connectivity index (χ0) is 18.9. The van der Waals surface area contributed by atoms with Gasteiger partial charge in [-0.15, -0.1) is 0 Å². The Morgan fingerprint density at radius 3 is 2.19 bits per heavy atom. The van der Waals surface area contributed by atoms with Crippen LogP contribution in [0.2, 0.25) is 0 Å². The second kappa shape index (κ2) is 9.70. The monoisotopic (exact) mass is 356 g/mol. The zero-order valence-corrected chi connectivity index (χ0v) is 15.3. The van der Waals surface area contributed by atoms with Gasteiger partial charge in [-0.25, -0.2) is 4.39 Å². The molecule has 0 bridgehead atoms. The lowest BCUT2D eigenvalue weighted by molar-refractivity contribution is -0.129. The van der Waals surface area contributed by atoms with Gasteiger partial charge in [0.15, 0.2) is 0 Å². The summed E-state index contributed by atoms with van der Waals surface area (Å²) in [6.07, 6.45) is 0.889.